The Labute approximate surface area is 148 Å². The molecule has 0 spiro atoms. The average molecular weight is 356 g/mol. The second-order valence-electron chi connectivity index (χ2n) is 4.99. The highest BCUT2D eigenvalue weighted by Gasteiger charge is 2.11. The molecule has 0 atom stereocenters. The fourth-order valence-electron chi connectivity index (χ4n) is 2.02. The first-order valence-electron chi connectivity index (χ1n) is 7.40. The normalized spacial score (nSPS) is 10.5. The lowest BCUT2D eigenvalue weighted by atomic mass is 10.2. The van der Waals surface area contributed by atoms with Gasteiger partial charge in [0.2, 0.25) is 5.91 Å². The Morgan fingerprint density at radius 2 is 1.92 bits per heavy atom. The molecule has 0 saturated heterocycles. The van der Waals surface area contributed by atoms with Gasteiger partial charge in [0, 0.05) is 22.8 Å². The number of nitrogens with one attached hydrogen (secondary N) is 1. The third-order valence-corrected chi connectivity index (χ3v) is 5.32. The van der Waals surface area contributed by atoms with Crippen LogP contribution in [-0.4, -0.2) is 26.6 Å². The zero-order valence-corrected chi connectivity index (χ0v) is 14.7. The van der Waals surface area contributed by atoms with Gasteiger partial charge in [-0.05, 0) is 13.0 Å². The Bertz CT molecular complexity index is 806. The fraction of sp³-hybridized carbons (Fsp3) is 0.176. The van der Waals surface area contributed by atoms with Gasteiger partial charge < -0.3 is 5.32 Å². The van der Waals surface area contributed by atoms with Gasteiger partial charge in [-0.1, -0.05) is 42.1 Å². The van der Waals surface area contributed by atoms with Gasteiger partial charge in [0.1, 0.15) is 5.01 Å². The molecule has 0 fully saturated rings. The van der Waals surface area contributed by atoms with Crippen LogP contribution in [0.25, 0.3) is 10.6 Å². The van der Waals surface area contributed by atoms with Crippen LogP contribution in [0.5, 0.6) is 0 Å². The molecule has 0 radical (unpaired) electrons. The lowest BCUT2D eigenvalue weighted by Gasteiger charge is -2.03. The van der Waals surface area contributed by atoms with Gasteiger partial charge in [-0.15, -0.1) is 11.3 Å². The number of rotatable bonds is 6. The third-order valence-electron chi connectivity index (χ3n) is 3.23. The molecule has 3 rings (SSSR count). The zero-order valence-electron chi connectivity index (χ0n) is 13.1. The van der Waals surface area contributed by atoms with E-state index in [-0.39, 0.29) is 5.91 Å². The molecule has 7 heteroatoms. The summed E-state index contributed by atoms with van der Waals surface area (Å²) in [5.74, 6) is 0.259. The first kappa shape index (κ1) is 16.6. The summed E-state index contributed by atoms with van der Waals surface area (Å²) in [5.41, 5.74) is 2.05. The predicted octanol–water partition coefficient (Wildman–Crippen LogP) is 3.32. The molecule has 2 heterocycles. The van der Waals surface area contributed by atoms with Crippen molar-refractivity contribution in [1.82, 2.24) is 20.3 Å². The van der Waals surface area contributed by atoms with E-state index in [2.05, 4.69) is 20.3 Å². The molecule has 1 amide bonds. The number of benzene rings is 1. The van der Waals surface area contributed by atoms with Gasteiger partial charge in [0.25, 0.3) is 0 Å². The molecule has 122 valence electrons. The largest absolute Gasteiger partial charge is 0.350 e. The summed E-state index contributed by atoms with van der Waals surface area (Å²) in [5, 5.41) is 4.51. The Hall–Kier alpha value is -2.25. The molecule has 1 N–H and O–H groups in total. The van der Waals surface area contributed by atoms with Crippen LogP contribution in [0.1, 0.15) is 10.6 Å². The SMILES string of the molecule is Cc1nc(-c2ccccc2)sc1CNC(=O)CSc1ncccn1. The fourth-order valence-corrected chi connectivity index (χ4v) is 3.66. The topological polar surface area (TPSA) is 67.8 Å². The van der Waals surface area contributed by atoms with E-state index in [0.29, 0.717) is 17.5 Å². The molecule has 24 heavy (non-hydrogen) atoms. The first-order valence-corrected chi connectivity index (χ1v) is 9.21. The molecular weight excluding hydrogens is 340 g/mol. The number of amides is 1. The standard InChI is InChI=1S/C17H16N4OS2/c1-12-14(24-16(21-12)13-6-3-2-4-7-13)10-20-15(22)11-23-17-18-8-5-9-19-17/h2-9H,10-11H2,1H3,(H,20,22). The van der Waals surface area contributed by atoms with Gasteiger partial charge in [0.15, 0.2) is 5.16 Å². The van der Waals surface area contributed by atoms with Crippen molar-refractivity contribution < 1.29 is 4.79 Å². The monoisotopic (exact) mass is 356 g/mol. The number of nitrogens with zero attached hydrogens (tertiary/aromatic N) is 3. The van der Waals surface area contributed by atoms with Crippen molar-refractivity contribution in [2.75, 3.05) is 5.75 Å². The molecule has 0 aliphatic heterocycles. The summed E-state index contributed by atoms with van der Waals surface area (Å²) >= 11 is 2.94. The minimum absolute atomic E-state index is 0.0403. The first-order chi connectivity index (χ1) is 11.7. The zero-order chi connectivity index (χ0) is 16.8. The van der Waals surface area contributed by atoms with Crippen LogP contribution < -0.4 is 5.32 Å². The molecule has 0 saturated carbocycles. The van der Waals surface area contributed by atoms with E-state index in [0.717, 1.165) is 21.1 Å². The van der Waals surface area contributed by atoms with Crippen molar-refractivity contribution in [2.45, 2.75) is 18.6 Å². The lowest BCUT2D eigenvalue weighted by molar-refractivity contribution is -0.118. The molecule has 2 aromatic heterocycles. The summed E-state index contributed by atoms with van der Waals surface area (Å²) in [6, 6.07) is 11.8. The number of aryl methyl sites for hydroxylation is 1. The second kappa shape index (κ2) is 8.03. The number of thiazole rings is 1. The van der Waals surface area contributed by atoms with Crippen molar-refractivity contribution in [3.05, 3.63) is 59.4 Å². The van der Waals surface area contributed by atoms with Crippen LogP contribution in [0.2, 0.25) is 0 Å². The number of aromatic nitrogens is 3. The van der Waals surface area contributed by atoms with Gasteiger partial charge in [0.05, 0.1) is 18.0 Å². The number of hydrogen-bond donors (Lipinski definition) is 1. The maximum absolute atomic E-state index is 12.0. The minimum Gasteiger partial charge on any atom is -0.350 e. The average Bonchev–Trinajstić information content (AvgIpc) is 3.01. The second-order valence-corrected chi connectivity index (χ2v) is 7.02. The lowest BCUT2D eigenvalue weighted by Crippen LogP contribution is -2.24. The van der Waals surface area contributed by atoms with E-state index < -0.39 is 0 Å². The van der Waals surface area contributed by atoms with Crippen LogP contribution in [0.4, 0.5) is 0 Å². The Balaban J connectivity index is 1.55. The number of hydrogen-bond acceptors (Lipinski definition) is 6. The van der Waals surface area contributed by atoms with Crippen molar-refractivity contribution >= 4 is 29.0 Å². The summed E-state index contributed by atoms with van der Waals surface area (Å²) in [7, 11) is 0. The maximum Gasteiger partial charge on any atom is 0.230 e. The number of carbonyl (C=O) groups is 1. The summed E-state index contributed by atoms with van der Waals surface area (Å²) in [4.78, 5) is 25.8. The molecular formula is C17H16N4OS2. The molecule has 1 aromatic carbocycles. The van der Waals surface area contributed by atoms with E-state index in [1.54, 1.807) is 29.8 Å². The summed E-state index contributed by atoms with van der Waals surface area (Å²) < 4.78 is 0. The van der Waals surface area contributed by atoms with E-state index in [4.69, 9.17) is 0 Å². The molecule has 0 unspecified atom stereocenters. The van der Waals surface area contributed by atoms with E-state index in [9.17, 15) is 4.79 Å². The third kappa shape index (κ3) is 4.39. The highest BCUT2D eigenvalue weighted by molar-refractivity contribution is 7.99. The number of thioether (sulfide) groups is 1. The Morgan fingerprint density at radius 3 is 2.67 bits per heavy atom. The Kier molecular flexibility index (Phi) is 5.55. The van der Waals surface area contributed by atoms with Crippen LogP contribution in [0.15, 0.2) is 53.9 Å². The quantitative estimate of drug-likeness (QED) is 0.542. The highest BCUT2D eigenvalue weighted by atomic mass is 32.2. The highest BCUT2D eigenvalue weighted by Crippen LogP contribution is 2.27. The molecule has 5 nitrogen and oxygen atoms in total. The van der Waals surface area contributed by atoms with E-state index >= 15 is 0 Å². The van der Waals surface area contributed by atoms with Gasteiger partial charge >= 0.3 is 0 Å². The summed E-state index contributed by atoms with van der Waals surface area (Å²) in [6.45, 7) is 2.46. The van der Waals surface area contributed by atoms with Crippen molar-refractivity contribution in [1.29, 1.82) is 0 Å². The van der Waals surface area contributed by atoms with Crippen LogP contribution in [0, 0.1) is 6.92 Å². The minimum atomic E-state index is -0.0403. The Morgan fingerprint density at radius 1 is 1.17 bits per heavy atom. The predicted molar refractivity (Wildman–Crippen MR) is 96.9 cm³/mol. The van der Waals surface area contributed by atoms with Crippen molar-refractivity contribution in [2.24, 2.45) is 0 Å². The molecule has 0 aliphatic rings. The number of carbonyl (C=O) groups excluding carboxylic acids is 1. The van der Waals surface area contributed by atoms with Crippen LogP contribution in [0.3, 0.4) is 0 Å². The van der Waals surface area contributed by atoms with Gasteiger partial charge in [-0.2, -0.15) is 0 Å². The van der Waals surface area contributed by atoms with Gasteiger partial charge in [-0.25, -0.2) is 15.0 Å². The van der Waals surface area contributed by atoms with Crippen molar-refractivity contribution in [3.8, 4) is 10.6 Å². The molecule has 0 aliphatic carbocycles. The smallest absolute Gasteiger partial charge is 0.230 e. The van der Waals surface area contributed by atoms with Crippen molar-refractivity contribution in [3.63, 3.8) is 0 Å². The van der Waals surface area contributed by atoms with Crippen LogP contribution in [-0.2, 0) is 11.3 Å². The maximum atomic E-state index is 12.0. The van der Waals surface area contributed by atoms with E-state index in [1.807, 2.05) is 37.3 Å². The molecule has 0 bridgehead atoms. The van der Waals surface area contributed by atoms with E-state index in [1.165, 1.54) is 11.8 Å². The summed E-state index contributed by atoms with van der Waals surface area (Å²) in [6.07, 6.45) is 3.33. The molecule has 3 aromatic rings. The van der Waals surface area contributed by atoms with Gasteiger partial charge in [-0.3, -0.25) is 4.79 Å². The van der Waals surface area contributed by atoms with Crippen LogP contribution >= 0.6 is 23.1 Å².